The number of hydrogen-bond donors (Lipinski definition) is 2. The van der Waals surface area contributed by atoms with E-state index in [1.807, 2.05) is 38.2 Å². The van der Waals surface area contributed by atoms with Crippen molar-refractivity contribution in [2.24, 2.45) is 0 Å². The van der Waals surface area contributed by atoms with Crippen LogP contribution in [0.15, 0.2) is 42.9 Å². The fraction of sp³-hybridized carbons (Fsp3) is 0.464. The molecular weight excluding hydrogens is 509 g/mol. The molecule has 2 atom stereocenters. The first-order valence-corrected chi connectivity index (χ1v) is 14.0. The predicted octanol–water partition coefficient (Wildman–Crippen LogP) is 3.21. The van der Waals surface area contributed by atoms with E-state index in [1.54, 1.807) is 0 Å². The average Bonchev–Trinajstić information content (AvgIpc) is 3.59. The largest absolute Gasteiger partial charge is 0.341 e. The summed E-state index contributed by atoms with van der Waals surface area (Å²) in [5.41, 5.74) is 3.13. The van der Waals surface area contributed by atoms with E-state index in [-0.39, 0.29) is 5.82 Å². The Morgan fingerprint density at radius 1 is 1.00 bits per heavy atom. The lowest BCUT2D eigenvalue weighted by atomic mass is 9.85. The summed E-state index contributed by atoms with van der Waals surface area (Å²) in [6.07, 6.45) is 7.94. The van der Waals surface area contributed by atoms with Gasteiger partial charge >= 0.3 is 0 Å². The first-order valence-electron chi connectivity index (χ1n) is 14.0. The molecule has 0 aromatic carbocycles. The summed E-state index contributed by atoms with van der Waals surface area (Å²) in [4.78, 5) is 21.7. The molecule has 0 amide bonds. The van der Waals surface area contributed by atoms with E-state index in [4.69, 9.17) is 9.97 Å². The minimum absolute atomic E-state index is 0.360. The highest BCUT2D eigenvalue weighted by molar-refractivity contribution is 5.54. The van der Waals surface area contributed by atoms with Gasteiger partial charge in [0.05, 0.1) is 12.4 Å². The molecule has 4 aliphatic heterocycles. The topological polar surface area (TPSA) is 107 Å². The number of hydrogen-bond acceptors (Lipinski definition) is 9. The van der Waals surface area contributed by atoms with Gasteiger partial charge in [0.1, 0.15) is 5.82 Å². The smallest absolute Gasteiger partial charge is 0.227 e. The first-order chi connectivity index (χ1) is 19.5. The van der Waals surface area contributed by atoms with Crippen LogP contribution in [0.5, 0.6) is 0 Å². The SMILES string of the molecule is Cc1cc(Nc2cc(C)[nH]n2)nc(N2CCC(N3CC4CC(C3)N4Cc3ccc(-n4cc(F)cn4)nc3)CC2)n1. The van der Waals surface area contributed by atoms with Crippen molar-refractivity contribution in [3.8, 4) is 5.82 Å². The number of nitrogens with zero attached hydrogens (tertiary/aromatic N) is 9. The molecule has 0 spiro atoms. The van der Waals surface area contributed by atoms with Gasteiger partial charge in [0.25, 0.3) is 0 Å². The van der Waals surface area contributed by atoms with Gasteiger partial charge in [-0.1, -0.05) is 6.07 Å². The van der Waals surface area contributed by atoms with Crippen LogP contribution in [0.1, 0.15) is 36.2 Å². The Morgan fingerprint density at radius 2 is 1.82 bits per heavy atom. The number of halogens is 1. The Morgan fingerprint density at radius 3 is 2.50 bits per heavy atom. The second kappa shape index (κ2) is 10.3. The zero-order valence-corrected chi connectivity index (χ0v) is 22.8. The number of piperazine rings is 1. The minimum Gasteiger partial charge on any atom is -0.341 e. The van der Waals surface area contributed by atoms with E-state index in [0.29, 0.717) is 23.9 Å². The molecule has 0 saturated carbocycles. The van der Waals surface area contributed by atoms with E-state index < -0.39 is 0 Å². The molecule has 2 N–H and O–H groups in total. The summed E-state index contributed by atoms with van der Waals surface area (Å²) in [6, 6.07) is 9.70. The van der Waals surface area contributed by atoms with Crippen molar-refractivity contribution >= 4 is 17.6 Å². The van der Waals surface area contributed by atoms with Crippen LogP contribution in [0.4, 0.5) is 22.0 Å². The Hall–Kier alpha value is -3.90. The van der Waals surface area contributed by atoms with Crippen molar-refractivity contribution in [2.45, 2.75) is 57.8 Å². The fourth-order valence-corrected chi connectivity index (χ4v) is 6.36. The van der Waals surface area contributed by atoms with Gasteiger partial charge in [-0.05, 0) is 44.7 Å². The lowest BCUT2D eigenvalue weighted by Gasteiger charge is -2.58. The first kappa shape index (κ1) is 25.1. The van der Waals surface area contributed by atoms with Crippen molar-refractivity contribution in [2.75, 3.05) is 36.4 Å². The van der Waals surface area contributed by atoms with Gasteiger partial charge < -0.3 is 10.2 Å². The maximum Gasteiger partial charge on any atom is 0.227 e. The van der Waals surface area contributed by atoms with Gasteiger partial charge in [0, 0.05) is 80.6 Å². The normalized spacial score (nSPS) is 21.9. The molecule has 12 heteroatoms. The van der Waals surface area contributed by atoms with Gasteiger partial charge in [0.2, 0.25) is 5.95 Å². The number of H-pyrrole nitrogens is 1. The molecule has 208 valence electrons. The molecule has 2 unspecified atom stereocenters. The number of piperidine rings is 2. The molecule has 4 aliphatic rings. The fourth-order valence-electron chi connectivity index (χ4n) is 6.36. The number of fused-ring (bicyclic) bond motifs is 2. The van der Waals surface area contributed by atoms with Crippen molar-refractivity contribution in [1.29, 1.82) is 0 Å². The summed E-state index contributed by atoms with van der Waals surface area (Å²) < 4.78 is 14.7. The summed E-state index contributed by atoms with van der Waals surface area (Å²) in [5.74, 6) is 2.59. The molecule has 11 nitrogen and oxygen atoms in total. The lowest BCUT2D eigenvalue weighted by Crippen LogP contribution is -2.69. The second-order valence-electron chi connectivity index (χ2n) is 11.3. The third-order valence-electron chi connectivity index (χ3n) is 8.40. The Labute approximate surface area is 232 Å². The minimum atomic E-state index is -0.360. The van der Waals surface area contributed by atoms with Crippen molar-refractivity contribution < 1.29 is 4.39 Å². The molecule has 0 aliphatic carbocycles. The number of aromatic amines is 1. The number of anilines is 3. The predicted molar refractivity (Wildman–Crippen MR) is 149 cm³/mol. The molecule has 4 saturated heterocycles. The van der Waals surface area contributed by atoms with Gasteiger partial charge in [0.15, 0.2) is 17.5 Å². The standard InChI is InChI=1S/C28H34FN11/c1-18-9-25(33-26-10-19(2)35-36-26)34-28(32-18)37-7-5-22(6-8-37)38-16-23-11-24(17-38)39(23)14-20-3-4-27(30-12-20)40-15-21(29)13-31-40/h3-4,9-10,12-13,15,22-24H,5-8,11,14,16-17H2,1-2H3,(H2,32,33,34,35,36). The van der Waals surface area contributed by atoms with Crippen molar-refractivity contribution in [1.82, 2.24) is 44.7 Å². The van der Waals surface area contributed by atoms with Crippen LogP contribution < -0.4 is 10.2 Å². The molecular formula is C28H34FN11. The number of aromatic nitrogens is 7. The highest BCUT2D eigenvalue weighted by Crippen LogP contribution is 2.36. The van der Waals surface area contributed by atoms with E-state index in [1.165, 1.54) is 29.1 Å². The van der Waals surface area contributed by atoms with Crippen LogP contribution in [0.3, 0.4) is 0 Å². The number of rotatable bonds is 7. The highest BCUT2D eigenvalue weighted by atomic mass is 19.1. The zero-order valence-electron chi connectivity index (χ0n) is 22.8. The number of aryl methyl sites for hydroxylation is 2. The molecule has 4 aromatic rings. The summed E-state index contributed by atoms with van der Waals surface area (Å²) in [6.45, 7) is 9.06. The van der Waals surface area contributed by atoms with Gasteiger partial charge in [-0.3, -0.25) is 14.9 Å². The Bertz CT molecular complexity index is 1460. The molecule has 4 fully saturated rings. The van der Waals surface area contributed by atoms with E-state index in [0.717, 1.165) is 74.5 Å². The second-order valence-corrected chi connectivity index (χ2v) is 11.3. The van der Waals surface area contributed by atoms with Gasteiger partial charge in [-0.2, -0.15) is 15.2 Å². The molecule has 2 bridgehead atoms. The quantitative estimate of drug-likeness (QED) is 0.363. The molecule has 4 aromatic heterocycles. The molecule has 8 heterocycles. The Balaban J connectivity index is 0.922. The van der Waals surface area contributed by atoms with Crippen LogP contribution in [-0.2, 0) is 6.54 Å². The van der Waals surface area contributed by atoms with Crippen molar-refractivity contribution in [3.05, 3.63) is 65.6 Å². The summed E-state index contributed by atoms with van der Waals surface area (Å²) >= 11 is 0. The zero-order chi connectivity index (χ0) is 27.2. The number of nitrogens with one attached hydrogen (secondary N) is 2. The van der Waals surface area contributed by atoms with E-state index in [9.17, 15) is 4.39 Å². The molecule has 8 rings (SSSR count). The van der Waals surface area contributed by atoms with Crippen LogP contribution in [-0.4, -0.2) is 89.0 Å². The lowest BCUT2D eigenvalue weighted by molar-refractivity contribution is -0.0898. The van der Waals surface area contributed by atoms with Crippen LogP contribution in [0.25, 0.3) is 5.82 Å². The van der Waals surface area contributed by atoms with Gasteiger partial charge in [-0.15, -0.1) is 0 Å². The molecule has 0 radical (unpaired) electrons. The Kier molecular flexibility index (Phi) is 6.43. The summed E-state index contributed by atoms with van der Waals surface area (Å²) in [7, 11) is 0. The maximum absolute atomic E-state index is 13.3. The van der Waals surface area contributed by atoms with E-state index in [2.05, 4.69) is 46.4 Å². The van der Waals surface area contributed by atoms with E-state index >= 15 is 0 Å². The maximum atomic E-state index is 13.3. The van der Waals surface area contributed by atoms with Crippen LogP contribution in [0, 0.1) is 19.7 Å². The number of pyridine rings is 1. The van der Waals surface area contributed by atoms with Crippen molar-refractivity contribution in [3.63, 3.8) is 0 Å². The molecule has 40 heavy (non-hydrogen) atoms. The average molecular weight is 544 g/mol. The van der Waals surface area contributed by atoms with Gasteiger partial charge in [-0.25, -0.2) is 19.0 Å². The summed E-state index contributed by atoms with van der Waals surface area (Å²) in [5, 5.41) is 14.5. The third-order valence-corrected chi connectivity index (χ3v) is 8.40. The highest BCUT2D eigenvalue weighted by Gasteiger charge is 2.46. The monoisotopic (exact) mass is 543 g/mol. The van der Waals surface area contributed by atoms with Crippen LogP contribution >= 0.6 is 0 Å². The third kappa shape index (κ3) is 5.04. The van der Waals surface area contributed by atoms with Crippen LogP contribution in [0.2, 0.25) is 0 Å².